The molecule has 2 saturated heterocycles. The third-order valence-corrected chi connectivity index (χ3v) is 5.18. The molecule has 132 valence electrons. The van der Waals surface area contributed by atoms with Crippen molar-refractivity contribution in [3.05, 3.63) is 24.3 Å². The van der Waals surface area contributed by atoms with Gasteiger partial charge < -0.3 is 20.3 Å². The van der Waals surface area contributed by atoms with E-state index < -0.39 is 0 Å². The molecule has 5 heteroatoms. The zero-order valence-corrected chi connectivity index (χ0v) is 14.8. The van der Waals surface area contributed by atoms with Gasteiger partial charge in [0, 0.05) is 42.8 Å². The number of amides is 1. The molecule has 24 heavy (non-hydrogen) atoms. The van der Waals surface area contributed by atoms with E-state index in [2.05, 4.69) is 34.6 Å². The van der Waals surface area contributed by atoms with Crippen LogP contribution in [0.5, 0.6) is 5.75 Å². The zero-order chi connectivity index (χ0) is 16.9. The minimum Gasteiger partial charge on any atom is -0.497 e. The number of nitrogens with one attached hydrogen (secondary N) is 2. The number of methoxy groups -OCH3 is 1. The largest absolute Gasteiger partial charge is 0.497 e. The zero-order valence-electron chi connectivity index (χ0n) is 14.8. The maximum absolute atomic E-state index is 12.6. The highest BCUT2D eigenvalue weighted by molar-refractivity contribution is 5.79. The maximum atomic E-state index is 12.6. The lowest BCUT2D eigenvalue weighted by atomic mass is 9.92. The van der Waals surface area contributed by atoms with Gasteiger partial charge in [-0.25, -0.2) is 0 Å². The lowest BCUT2D eigenvalue weighted by Gasteiger charge is -2.36. The van der Waals surface area contributed by atoms with E-state index in [0.717, 1.165) is 51.1 Å². The van der Waals surface area contributed by atoms with Gasteiger partial charge in [-0.05, 0) is 51.3 Å². The number of ether oxygens (including phenoxy) is 1. The molecule has 2 heterocycles. The average Bonchev–Trinajstić information content (AvgIpc) is 2.62. The number of rotatable bonds is 4. The number of carbonyl (C=O) groups is 1. The van der Waals surface area contributed by atoms with Crippen LogP contribution in [0.4, 0.5) is 5.69 Å². The molecular weight excluding hydrogens is 302 g/mol. The molecule has 1 unspecified atom stereocenters. The highest BCUT2D eigenvalue weighted by atomic mass is 16.5. The van der Waals surface area contributed by atoms with E-state index in [-0.39, 0.29) is 17.9 Å². The first-order chi connectivity index (χ1) is 11.7. The van der Waals surface area contributed by atoms with Gasteiger partial charge in [0.15, 0.2) is 0 Å². The standard InChI is InChI=1S/C19H29N3O2/c1-14-11-15(8-9-20-14)19(23)21-16-5-4-10-22(13-16)17-6-3-7-18(12-17)24-2/h3,6-7,12,14-16,20H,4-5,8-11,13H2,1-2H3,(H,21,23)/t14-,15-,16?/m0/s1. The summed E-state index contributed by atoms with van der Waals surface area (Å²) in [7, 11) is 1.69. The van der Waals surface area contributed by atoms with Crippen molar-refractivity contribution in [2.45, 2.75) is 44.7 Å². The molecule has 0 aliphatic carbocycles. The van der Waals surface area contributed by atoms with E-state index in [1.54, 1.807) is 7.11 Å². The van der Waals surface area contributed by atoms with E-state index in [1.165, 1.54) is 5.69 Å². The third-order valence-electron chi connectivity index (χ3n) is 5.18. The third kappa shape index (κ3) is 4.20. The molecular formula is C19H29N3O2. The number of anilines is 1. The lowest BCUT2D eigenvalue weighted by molar-refractivity contribution is -0.126. The molecule has 0 spiro atoms. The van der Waals surface area contributed by atoms with E-state index in [4.69, 9.17) is 4.74 Å². The molecule has 5 nitrogen and oxygen atoms in total. The van der Waals surface area contributed by atoms with Gasteiger partial charge in [0.1, 0.15) is 5.75 Å². The Bertz CT molecular complexity index is 563. The van der Waals surface area contributed by atoms with Crippen LogP contribution in [0.2, 0.25) is 0 Å². The Balaban J connectivity index is 1.58. The summed E-state index contributed by atoms with van der Waals surface area (Å²) in [4.78, 5) is 14.9. The molecule has 2 N–H and O–H groups in total. The fourth-order valence-corrected chi connectivity index (χ4v) is 3.83. The van der Waals surface area contributed by atoms with Crippen LogP contribution in [0.15, 0.2) is 24.3 Å². The van der Waals surface area contributed by atoms with Crippen molar-refractivity contribution in [2.24, 2.45) is 5.92 Å². The molecule has 1 amide bonds. The van der Waals surface area contributed by atoms with E-state index in [9.17, 15) is 4.79 Å². The van der Waals surface area contributed by atoms with E-state index in [1.807, 2.05) is 12.1 Å². The van der Waals surface area contributed by atoms with Crippen LogP contribution in [0, 0.1) is 5.92 Å². The highest BCUT2D eigenvalue weighted by Gasteiger charge is 2.28. The van der Waals surface area contributed by atoms with Crippen LogP contribution in [-0.2, 0) is 4.79 Å². The lowest BCUT2D eigenvalue weighted by Crippen LogP contribution is -2.51. The Morgan fingerprint density at radius 1 is 1.38 bits per heavy atom. The average molecular weight is 331 g/mol. The topological polar surface area (TPSA) is 53.6 Å². The van der Waals surface area contributed by atoms with Gasteiger partial charge in [0.05, 0.1) is 7.11 Å². The van der Waals surface area contributed by atoms with Gasteiger partial charge in [-0.1, -0.05) is 6.07 Å². The summed E-state index contributed by atoms with van der Waals surface area (Å²) in [5.74, 6) is 1.27. The molecule has 2 aliphatic heterocycles. The second-order valence-electron chi connectivity index (χ2n) is 7.07. The molecule has 0 aromatic heterocycles. The summed E-state index contributed by atoms with van der Waals surface area (Å²) >= 11 is 0. The Morgan fingerprint density at radius 3 is 3.04 bits per heavy atom. The SMILES string of the molecule is COc1cccc(N2CCCC(NC(=O)[C@H]3CCN[C@@H](C)C3)C2)c1. The Kier molecular flexibility index (Phi) is 5.61. The molecule has 0 saturated carbocycles. The summed E-state index contributed by atoms with van der Waals surface area (Å²) in [5, 5.41) is 6.71. The molecule has 3 atom stereocenters. The molecule has 0 radical (unpaired) electrons. The van der Waals surface area contributed by atoms with Crippen molar-refractivity contribution in [2.75, 3.05) is 31.6 Å². The second-order valence-corrected chi connectivity index (χ2v) is 7.07. The van der Waals surface area contributed by atoms with Crippen molar-refractivity contribution >= 4 is 11.6 Å². The first kappa shape index (κ1) is 17.1. The maximum Gasteiger partial charge on any atom is 0.223 e. The normalized spacial score (nSPS) is 27.6. The number of hydrogen-bond acceptors (Lipinski definition) is 4. The fourth-order valence-electron chi connectivity index (χ4n) is 3.83. The number of piperidine rings is 2. The van der Waals surface area contributed by atoms with Crippen molar-refractivity contribution < 1.29 is 9.53 Å². The first-order valence-corrected chi connectivity index (χ1v) is 9.08. The van der Waals surface area contributed by atoms with Gasteiger partial charge in [0.2, 0.25) is 5.91 Å². The van der Waals surface area contributed by atoms with Gasteiger partial charge in [0.25, 0.3) is 0 Å². The van der Waals surface area contributed by atoms with Crippen molar-refractivity contribution in [3.8, 4) is 5.75 Å². The quantitative estimate of drug-likeness (QED) is 0.888. The predicted octanol–water partition coefficient (Wildman–Crippen LogP) is 2.17. The molecule has 1 aromatic carbocycles. The molecule has 1 aromatic rings. The van der Waals surface area contributed by atoms with Gasteiger partial charge >= 0.3 is 0 Å². The van der Waals surface area contributed by atoms with Crippen LogP contribution in [0.3, 0.4) is 0 Å². The predicted molar refractivity (Wildman–Crippen MR) is 96.6 cm³/mol. The first-order valence-electron chi connectivity index (χ1n) is 9.08. The Hall–Kier alpha value is -1.75. The van der Waals surface area contributed by atoms with Crippen molar-refractivity contribution in [1.29, 1.82) is 0 Å². The monoisotopic (exact) mass is 331 g/mol. The fraction of sp³-hybridized carbons (Fsp3) is 0.632. The van der Waals surface area contributed by atoms with Crippen LogP contribution in [-0.4, -0.2) is 44.7 Å². The van der Waals surface area contributed by atoms with Crippen LogP contribution >= 0.6 is 0 Å². The molecule has 2 aliphatic rings. The smallest absolute Gasteiger partial charge is 0.223 e. The minimum atomic E-state index is 0.161. The van der Waals surface area contributed by atoms with Crippen LogP contribution in [0.1, 0.15) is 32.6 Å². The molecule has 0 bridgehead atoms. The number of nitrogens with zero attached hydrogens (tertiary/aromatic N) is 1. The molecule has 3 rings (SSSR count). The van der Waals surface area contributed by atoms with Crippen molar-refractivity contribution in [3.63, 3.8) is 0 Å². The van der Waals surface area contributed by atoms with Crippen LogP contribution in [0.25, 0.3) is 0 Å². The minimum absolute atomic E-state index is 0.161. The van der Waals surface area contributed by atoms with Gasteiger partial charge in [-0.15, -0.1) is 0 Å². The highest BCUT2D eigenvalue weighted by Crippen LogP contribution is 2.24. The summed E-state index contributed by atoms with van der Waals surface area (Å²) < 4.78 is 5.32. The summed E-state index contributed by atoms with van der Waals surface area (Å²) in [6, 6.07) is 8.84. The summed E-state index contributed by atoms with van der Waals surface area (Å²) in [6.07, 6.45) is 4.05. The summed E-state index contributed by atoms with van der Waals surface area (Å²) in [5.41, 5.74) is 1.17. The van der Waals surface area contributed by atoms with Gasteiger partial charge in [-0.2, -0.15) is 0 Å². The Labute approximate surface area is 144 Å². The number of hydrogen-bond donors (Lipinski definition) is 2. The van der Waals surface area contributed by atoms with Crippen LogP contribution < -0.4 is 20.3 Å². The second kappa shape index (κ2) is 7.88. The number of carbonyl (C=O) groups excluding carboxylic acids is 1. The van der Waals surface area contributed by atoms with Gasteiger partial charge in [-0.3, -0.25) is 4.79 Å². The molecule has 2 fully saturated rings. The Morgan fingerprint density at radius 2 is 2.25 bits per heavy atom. The van der Waals surface area contributed by atoms with E-state index in [0.29, 0.717) is 6.04 Å². The summed E-state index contributed by atoms with van der Waals surface area (Å²) in [6.45, 7) is 5.01. The van der Waals surface area contributed by atoms with E-state index >= 15 is 0 Å². The number of benzene rings is 1. The van der Waals surface area contributed by atoms with Crippen molar-refractivity contribution in [1.82, 2.24) is 10.6 Å².